The van der Waals surface area contributed by atoms with Gasteiger partial charge in [0.1, 0.15) is 24.4 Å². The Morgan fingerprint density at radius 2 is 1.61 bits per heavy atom. The fourth-order valence-corrected chi connectivity index (χ4v) is 9.45. The van der Waals surface area contributed by atoms with Crippen LogP contribution in [0.2, 0.25) is 0 Å². The molecule has 1 saturated heterocycles. The van der Waals surface area contributed by atoms with Gasteiger partial charge in [-0.05, 0) is 68.4 Å². The zero-order chi connectivity index (χ0) is 50.0. The molecule has 1 aromatic carbocycles. The van der Waals surface area contributed by atoms with Crippen LogP contribution in [0.3, 0.4) is 0 Å². The number of thiazole rings is 1. The van der Waals surface area contributed by atoms with Gasteiger partial charge in [0.25, 0.3) is 0 Å². The Morgan fingerprint density at radius 3 is 2.29 bits per heavy atom. The van der Waals surface area contributed by atoms with Gasteiger partial charge in [-0.25, -0.2) is 24.3 Å². The van der Waals surface area contributed by atoms with Crippen LogP contribution in [0.5, 0.6) is 5.88 Å². The minimum atomic E-state index is -0.867. The average molecular weight is 979 g/mol. The number of anilines is 2. The first-order valence-electron chi connectivity index (χ1n) is 24.4. The molecule has 3 atom stereocenters. The number of hydrogen-bond acceptors (Lipinski definition) is 13. The molecule has 0 bridgehead atoms. The Labute approximate surface area is 413 Å². The zero-order valence-electron chi connectivity index (χ0n) is 41.0. The molecule has 1 fully saturated rings. The number of β-amino-alcohol motifs (C(OH)–C–C–N with tert-alkyl or cyclic N) is 1. The number of nitrogens with zero attached hydrogens (tertiary/aromatic N) is 7. The Bertz CT molecular complexity index is 2630. The maximum atomic E-state index is 14.0. The Kier molecular flexibility index (Phi) is 17.2. The van der Waals surface area contributed by atoms with Gasteiger partial charge >= 0.3 is 6.09 Å². The highest BCUT2D eigenvalue weighted by molar-refractivity contribution is 7.13. The first-order valence-corrected chi connectivity index (χ1v) is 25.2. The van der Waals surface area contributed by atoms with Gasteiger partial charge < -0.3 is 35.4 Å². The van der Waals surface area contributed by atoms with E-state index in [-0.39, 0.29) is 55.7 Å². The van der Waals surface area contributed by atoms with Crippen LogP contribution >= 0.6 is 11.3 Å². The number of unbranched alkanes of at least 4 members (excludes halogenated alkanes) is 7. The molecule has 19 heteroatoms. The molecule has 2 aliphatic rings. The summed E-state index contributed by atoms with van der Waals surface area (Å²) in [6.07, 6.45) is 9.74. The van der Waals surface area contributed by atoms with E-state index in [1.165, 1.54) is 9.80 Å². The lowest BCUT2D eigenvalue weighted by atomic mass is 9.85. The van der Waals surface area contributed by atoms with E-state index in [9.17, 15) is 29.1 Å². The summed E-state index contributed by atoms with van der Waals surface area (Å²) in [4.78, 5) is 83.5. The van der Waals surface area contributed by atoms with Crippen molar-refractivity contribution < 1.29 is 38.6 Å². The number of carbonyl (C=O) groups excluding carboxylic acids is 5. The molecule has 4 N–H and O–H groups in total. The van der Waals surface area contributed by atoms with Crippen LogP contribution in [-0.2, 0) is 30.5 Å². The Morgan fingerprint density at radius 1 is 0.914 bits per heavy atom. The van der Waals surface area contributed by atoms with Gasteiger partial charge in [-0.2, -0.15) is 5.10 Å². The normalized spacial score (nSPS) is 16.2. The van der Waals surface area contributed by atoms with Gasteiger partial charge in [0.2, 0.25) is 29.5 Å². The summed E-state index contributed by atoms with van der Waals surface area (Å²) < 4.78 is 12.7. The number of nitrogens with one attached hydrogen (secondary N) is 3. The quantitative estimate of drug-likeness (QED) is 0.0554. The lowest BCUT2D eigenvalue weighted by molar-refractivity contribution is -0.144. The SMILES string of the molecule is Cc1ncsc1-c1ccc(CNC(=O)[C@@H]2C[C@@H](O)CN2C(=O)[C@@H](NC(=O)CCCCCCCCCCC(=O)Nc2cn3nc(-c4cnc5c(c4)N(C(=O)OC(C)C)CCO5)ccc3n2)C(C)(C)C)cc1. The molecule has 18 nitrogen and oxygen atoms in total. The average Bonchev–Trinajstić information content (AvgIpc) is 4.06. The maximum absolute atomic E-state index is 14.0. The molecule has 0 radical (unpaired) electrons. The van der Waals surface area contributed by atoms with Crippen LogP contribution in [0.4, 0.5) is 16.3 Å². The van der Waals surface area contributed by atoms with E-state index in [2.05, 4.69) is 36.0 Å². The summed E-state index contributed by atoms with van der Waals surface area (Å²) in [5.74, 6) is -0.303. The maximum Gasteiger partial charge on any atom is 0.414 e. The number of fused-ring (bicyclic) bond motifs is 2. The second-order valence-electron chi connectivity index (χ2n) is 19.4. The fraction of sp³-hybridized carbons (Fsp3) is 0.510. The Balaban J connectivity index is 0.775. The van der Waals surface area contributed by atoms with Crippen LogP contribution in [-0.4, -0.2) is 108 Å². The summed E-state index contributed by atoms with van der Waals surface area (Å²) in [5.41, 5.74) is 6.46. The van der Waals surface area contributed by atoms with Gasteiger partial charge in [0, 0.05) is 44.1 Å². The van der Waals surface area contributed by atoms with Crippen molar-refractivity contribution in [1.82, 2.24) is 40.1 Å². The van der Waals surface area contributed by atoms with Crippen LogP contribution in [0.25, 0.3) is 27.3 Å². The summed E-state index contributed by atoms with van der Waals surface area (Å²) >= 11 is 1.58. The van der Waals surface area contributed by atoms with Crippen molar-refractivity contribution >= 4 is 58.2 Å². The largest absolute Gasteiger partial charge is 0.474 e. The van der Waals surface area contributed by atoms with Crippen LogP contribution in [0, 0.1) is 12.3 Å². The summed E-state index contributed by atoms with van der Waals surface area (Å²) in [7, 11) is 0. The van der Waals surface area contributed by atoms with Crippen molar-refractivity contribution in [1.29, 1.82) is 0 Å². The van der Waals surface area contributed by atoms with Crippen molar-refractivity contribution in [2.45, 2.75) is 143 Å². The third-order valence-electron chi connectivity index (χ3n) is 12.4. The molecular weight excluding hydrogens is 913 g/mol. The smallest absolute Gasteiger partial charge is 0.414 e. The number of hydrogen-bond donors (Lipinski definition) is 4. The van der Waals surface area contributed by atoms with Crippen LogP contribution in [0.15, 0.2) is 60.4 Å². The second-order valence-corrected chi connectivity index (χ2v) is 20.3. The molecule has 6 heterocycles. The summed E-state index contributed by atoms with van der Waals surface area (Å²) in [5, 5.41) is 24.1. The minimum absolute atomic E-state index is 0.0209. The molecule has 5 aromatic rings. The number of amides is 5. The number of aliphatic hydroxyl groups excluding tert-OH is 1. The minimum Gasteiger partial charge on any atom is -0.474 e. The number of benzene rings is 1. The number of aryl methyl sites for hydroxylation is 1. The van der Waals surface area contributed by atoms with Gasteiger partial charge in [0.05, 0.1) is 46.7 Å². The number of rotatable bonds is 20. The second kappa shape index (κ2) is 23.4. The Hall–Kier alpha value is -6.47. The molecular formula is C51H66N10O8S. The molecule has 5 amide bonds. The van der Waals surface area contributed by atoms with Gasteiger partial charge in [0.15, 0.2) is 11.5 Å². The molecule has 70 heavy (non-hydrogen) atoms. The highest BCUT2D eigenvalue weighted by Gasteiger charge is 2.44. The molecule has 0 unspecified atom stereocenters. The standard InChI is InChI=1S/C51H66N10O8S/c1-32(2)69-50(67)59-23-24-68-48-40(59)25-36(28-53-48)38-21-22-42-55-41(30-61(42)58-38)56-43(63)15-13-11-9-7-8-10-12-14-16-44(64)57-46(51(4,5)6)49(66)60-29-37(62)26-39(60)47(65)52-27-34-17-19-35(20-18-34)45-33(3)54-31-70-45/h17-22,25,28,30-32,37,39,46,62H,7-16,23-24,26-27,29H2,1-6H3,(H,52,65)(H,56,63)(H,57,64)/t37-,39+,46-/m1/s1. The highest BCUT2D eigenvalue weighted by atomic mass is 32.1. The molecule has 0 saturated carbocycles. The zero-order valence-corrected chi connectivity index (χ0v) is 41.8. The number of aromatic nitrogens is 5. The topological polar surface area (TPSA) is 223 Å². The van der Waals surface area contributed by atoms with Crippen LogP contribution in [0.1, 0.15) is 117 Å². The van der Waals surface area contributed by atoms with Crippen molar-refractivity contribution in [3.8, 4) is 27.6 Å². The van der Waals surface area contributed by atoms with Crippen molar-refractivity contribution in [3.63, 3.8) is 0 Å². The lowest BCUT2D eigenvalue weighted by Crippen LogP contribution is -2.57. The number of ether oxygens (including phenoxy) is 2. The van der Waals surface area contributed by atoms with E-state index in [1.807, 2.05) is 57.5 Å². The van der Waals surface area contributed by atoms with Crippen molar-refractivity contribution in [2.24, 2.45) is 5.41 Å². The number of likely N-dealkylation sites (tertiary alicyclic amines) is 1. The van der Waals surface area contributed by atoms with Gasteiger partial charge in [-0.1, -0.05) is 83.6 Å². The van der Waals surface area contributed by atoms with Crippen LogP contribution < -0.4 is 25.6 Å². The molecule has 374 valence electrons. The van der Waals surface area contributed by atoms with Crippen molar-refractivity contribution in [2.75, 3.05) is 29.9 Å². The number of aliphatic hydroxyl groups is 1. The first-order chi connectivity index (χ1) is 33.5. The van der Waals surface area contributed by atoms with E-state index in [0.717, 1.165) is 66.6 Å². The summed E-state index contributed by atoms with van der Waals surface area (Å²) in [6.45, 7) is 12.2. The van der Waals surface area contributed by atoms with Gasteiger partial charge in [-0.3, -0.25) is 24.1 Å². The lowest BCUT2D eigenvalue weighted by Gasteiger charge is -2.35. The van der Waals surface area contributed by atoms with E-state index < -0.39 is 29.7 Å². The molecule has 4 aromatic heterocycles. The van der Waals surface area contributed by atoms with Gasteiger partial charge in [-0.15, -0.1) is 11.3 Å². The van der Waals surface area contributed by atoms with E-state index >= 15 is 0 Å². The number of carbonyl (C=O) groups is 5. The predicted molar refractivity (Wildman–Crippen MR) is 267 cm³/mol. The molecule has 7 rings (SSSR count). The fourth-order valence-electron chi connectivity index (χ4n) is 8.64. The van der Waals surface area contributed by atoms with E-state index in [4.69, 9.17) is 9.47 Å². The predicted octanol–water partition coefficient (Wildman–Crippen LogP) is 7.62. The monoisotopic (exact) mass is 978 g/mol. The first kappa shape index (κ1) is 51.4. The van der Waals surface area contributed by atoms with E-state index in [1.54, 1.807) is 60.3 Å². The number of imidazole rings is 1. The molecule has 0 aliphatic carbocycles. The summed E-state index contributed by atoms with van der Waals surface area (Å²) in [6, 6.07) is 11.6. The molecule has 0 spiro atoms. The molecule has 2 aliphatic heterocycles. The highest BCUT2D eigenvalue weighted by Crippen LogP contribution is 2.34. The van der Waals surface area contributed by atoms with Crippen molar-refractivity contribution in [3.05, 3.63) is 71.6 Å². The third kappa shape index (κ3) is 13.4. The number of pyridine rings is 1. The van der Waals surface area contributed by atoms with E-state index in [0.29, 0.717) is 60.3 Å². The third-order valence-corrected chi connectivity index (χ3v) is 13.4.